The van der Waals surface area contributed by atoms with Crippen LogP contribution in [0.15, 0.2) is 66.7 Å². The van der Waals surface area contributed by atoms with Gasteiger partial charge in [-0.25, -0.2) is 8.42 Å². The number of rotatable bonds is 7. The molecule has 3 aromatic carbocycles. The van der Waals surface area contributed by atoms with Gasteiger partial charge in [0.2, 0.25) is 5.91 Å². The molecule has 1 amide bonds. The van der Waals surface area contributed by atoms with E-state index >= 15 is 0 Å². The fraction of sp³-hybridized carbons (Fsp3) is 0.280. The highest BCUT2D eigenvalue weighted by Gasteiger charge is 2.39. The molecule has 0 aliphatic carbocycles. The van der Waals surface area contributed by atoms with Crippen molar-refractivity contribution < 1.29 is 27.9 Å². The van der Waals surface area contributed by atoms with E-state index in [-0.39, 0.29) is 30.3 Å². The van der Waals surface area contributed by atoms with Crippen LogP contribution in [0.1, 0.15) is 18.1 Å². The summed E-state index contributed by atoms with van der Waals surface area (Å²) in [5.41, 5.74) is 1.18. The molecule has 33 heavy (non-hydrogen) atoms. The van der Waals surface area contributed by atoms with Gasteiger partial charge >= 0.3 is 0 Å². The maximum atomic E-state index is 13.6. The van der Waals surface area contributed by atoms with E-state index in [0.29, 0.717) is 11.1 Å². The van der Waals surface area contributed by atoms with Gasteiger partial charge in [0.15, 0.2) is 15.6 Å². The Morgan fingerprint density at radius 1 is 1.09 bits per heavy atom. The predicted octanol–water partition coefficient (Wildman–Crippen LogP) is 2.54. The van der Waals surface area contributed by atoms with Crippen molar-refractivity contribution in [3.8, 4) is 5.75 Å². The van der Waals surface area contributed by atoms with E-state index in [1.807, 2.05) is 30.3 Å². The summed E-state index contributed by atoms with van der Waals surface area (Å²) in [6.07, 6.45) is -0.619. The number of ether oxygens (including phenoxy) is 1. The first-order valence-corrected chi connectivity index (χ1v) is 12.4. The normalized spacial score (nSPS) is 19.5. The second-order valence-corrected chi connectivity index (χ2v) is 10.5. The number of phenols is 1. The molecular weight excluding hydrogens is 442 g/mol. The Labute approximate surface area is 192 Å². The van der Waals surface area contributed by atoms with E-state index in [4.69, 9.17) is 4.74 Å². The van der Waals surface area contributed by atoms with Gasteiger partial charge in [0.25, 0.3) is 0 Å². The molecule has 3 atom stereocenters. The van der Waals surface area contributed by atoms with Crippen molar-refractivity contribution >= 4 is 32.3 Å². The van der Waals surface area contributed by atoms with Crippen LogP contribution in [0.2, 0.25) is 0 Å². The molecule has 1 aliphatic heterocycles. The summed E-state index contributed by atoms with van der Waals surface area (Å²) in [7, 11) is -3.98. The van der Waals surface area contributed by atoms with Gasteiger partial charge in [0.1, 0.15) is 23.6 Å². The summed E-state index contributed by atoms with van der Waals surface area (Å²) in [4.78, 5) is 25.3. The van der Waals surface area contributed by atoms with Crippen LogP contribution in [0.4, 0.5) is 0 Å². The van der Waals surface area contributed by atoms with Gasteiger partial charge in [-0.3, -0.25) is 9.59 Å². The highest BCUT2D eigenvalue weighted by Crippen LogP contribution is 2.24. The average molecular weight is 468 g/mol. The van der Waals surface area contributed by atoms with Gasteiger partial charge in [0.05, 0.1) is 11.9 Å². The van der Waals surface area contributed by atoms with Gasteiger partial charge < -0.3 is 15.2 Å². The number of fused-ring (bicyclic) bond motifs is 1. The molecule has 0 bridgehead atoms. The standard InChI is InChI=1S/C25H25NO6S/c1-16-24(22(28)14-32-16)26-25(29)23(13-17-9-11-20(27)12-10-17)33(30,31)15-19-7-4-6-18-5-2-3-8-21(18)19/h2-12,16,23-24,27H,13-15H2,1H3,(H,26,29). The van der Waals surface area contributed by atoms with E-state index in [9.17, 15) is 23.1 Å². The molecule has 7 nitrogen and oxygen atoms in total. The molecule has 0 saturated carbocycles. The monoisotopic (exact) mass is 467 g/mol. The van der Waals surface area contributed by atoms with Crippen molar-refractivity contribution in [1.82, 2.24) is 5.32 Å². The molecular formula is C25H25NO6S. The summed E-state index contributed by atoms with van der Waals surface area (Å²) in [5.74, 6) is -1.31. The lowest BCUT2D eigenvalue weighted by molar-refractivity contribution is -0.126. The number of benzene rings is 3. The predicted molar refractivity (Wildman–Crippen MR) is 125 cm³/mol. The number of carbonyl (C=O) groups excluding carboxylic acids is 2. The molecule has 0 aromatic heterocycles. The van der Waals surface area contributed by atoms with Crippen LogP contribution in [0.5, 0.6) is 5.75 Å². The number of nitrogens with one attached hydrogen (secondary N) is 1. The van der Waals surface area contributed by atoms with Crippen LogP contribution in [0.3, 0.4) is 0 Å². The molecule has 3 unspecified atom stereocenters. The van der Waals surface area contributed by atoms with Crippen LogP contribution in [0, 0.1) is 0 Å². The molecule has 8 heteroatoms. The van der Waals surface area contributed by atoms with Crippen molar-refractivity contribution in [3.05, 3.63) is 77.9 Å². The average Bonchev–Trinajstić information content (AvgIpc) is 3.10. The molecule has 1 aliphatic rings. The van der Waals surface area contributed by atoms with E-state index in [0.717, 1.165) is 10.8 Å². The topological polar surface area (TPSA) is 110 Å². The Kier molecular flexibility index (Phi) is 6.49. The van der Waals surface area contributed by atoms with Gasteiger partial charge in [-0.2, -0.15) is 0 Å². The number of Topliss-reactive ketones (excluding diaryl/α,β-unsaturated/α-hetero) is 1. The van der Waals surface area contributed by atoms with E-state index in [2.05, 4.69) is 5.32 Å². The largest absolute Gasteiger partial charge is 0.508 e. The lowest BCUT2D eigenvalue weighted by Gasteiger charge is -2.21. The molecule has 1 saturated heterocycles. The Hall–Kier alpha value is -3.23. The molecule has 0 spiro atoms. The summed E-state index contributed by atoms with van der Waals surface area (Å²) in [6.45, 7) is 1.55. The molecule has 3 aromatic rings. The third-order valence-electron chi connectivity index (χ3n) is 5.92. The van der Waals surface area contributed by atoms with Crippen molar-refractivity contribution in [2.75, 3.05) is 6.61 Å². The number of amides is 1. The van der Waals surface area contributed by atoms with Crippen molar-refractivity contribution in [3.63, 3.8) is 0 Å². The maximum absolute atomic E-state index is 13.6. The Balaban J connectivity index is 1.66. The fourth-order valence-corrected chi connectivity index (χ4v) is 5.80. The zero-order valence-corrected chi connectivity index (χ0v) is 18.9. The Morgan fingerprint density at radius 3 is 2.48 bits per heavy atom. The number of ketones is 1. The highest BCUT2D eigenvalue weighted by atomic mass is 32.2. The van der Waals surface area contributed by atoms with Gasteiger partial charge in [0, 0.05) is 0 Å². The van der Waals surface area contributed by atoms with Crippen molar-refractivity contribution in [2.24, 2.45) is 0 Å². The van der Waals surface area contributed by atoms with Gasteiger partial charge in [-0.1, -0.05) is 54.6 Å². The van der Waals surface area contributed by atoms with Gasteiger partial charge in [-0.15, -0.1) is 0 Å². The number of phenolic OH excluding ortho intramolecular Hbond substituents is 1. The minimum absolute atomic E-state index is 0.0425. The van der Waals surface area contributed by atoms with Crippen molar-refractivity contribution in [2.45, 2.75) is 36.5 Å². The van der Waals surface area contributed by atoms with Crippen LogP contribution in [0.25, 0.3) is 10.8 Å². The lowest BCUT2D eigenvalue weighted by Crippen LogP contribution is -2.50. The number of sulfone groups is 1. The van der Waals surface area contributed by atoms with E-state index < -0.39 is 33.1 Å². The van der Waals surface area contributed by atoms with Crippen LogP contribution < -0.4 is 5.32 Å². The summed E-state index contributed by atoms with van der Waals surface area (Å²) < 4.78 is 32.4. The molecule has 1 fully saturated rings. The maximum Gasteiger partial charge on any atom is 0.239 e. The minimum atomic E-state index is -3.98. The first-order valence-electron chi connectivity index (χ1n) is 10.7. The van der Waals surface area contributed by atoms with Gasteiger partial charge in [-0.05, 0) is 47.4 Å². The van der Waals surface area contributed by atoms with Crippen molar-refractivity contribution in [1.29, 1.82) is 0 Å². The quantitative estimate of drug-likeness (QED) is 0.553. The number of hydrogen-bond donors (Lipinski definition) is 2. The highest BCUT2D eigenvalue weighted by molar-refractivity contribution is 7.92. The molecule has 0 radical (unpaired) electrons. The summed E-state index contributed by atoms with van der Waals surface area (Å²) >= 11 is 0. The number of hydrogen-bond acceptors (Lipinski definition) is 6. The number of carbonyl (C=O) groups is 2. The SMILES string of the molecule is CC1OCC(=O)C1NC(=O)C(Cc1ccc(O)cc1)S(=O)(=O)Cc1cccc2ccccc12. The Bertz CT molecular complexity index is 1280. The van der Waals surface area contributed by atoms with Crippen LogP contribution in [-0.4, -0.2) is 49.2 Å². The van der Waals surface area contributed by atoms with Crippen LogP contribution >= 0.6 is 0 Å². The second kappa shape index (κ2) is 9.33. The number of aromatic hydroxyl groups is 1. The minimum Gasteiger partial charge on any atom is -0.508 e. The van der Waals surface area contributed by atoms with E-state index in [1.54, 1.807) is 31.2 Å². The first-order chi connectivity index (χ1) is 15.7. The molecule has 4 rings (SSSR count). The summed E-state index contributed by atoms with van der Waals surface area (Å²) in [5, 5.41) is 12.5. The molecule has 1 heterocycles. The Morgan fingerprint density at radius 2 is 1.79 bits per heavy atom. The van der Waals surface area contributed by atoms with Crippen LogP contribution in [-0.2, 0) is 36.3 Å². The molecule has 172 valence electrons. The zero-order chi connectivity index (χ0) is 23.6. The van der Waals surface area contributed by atoms with E-state index in [1.165, 1.54) is 12.1 Å². The molecule has 2 N–H and O–H groups in total. The third-order valence-corrected chi connectivity index (χ3v) is 7.88. The fourth-order valence-electron chi connectivity index (χ4n) is 4.07. The second-order valence-electron chi connectivity index (χ2n) is 8.27. The first kappa shape index (κ1) is 22.9. The lowest BCUT2D eigenvalue weighted by atomic mass is 10.1. The smallest absolute Gasteiger partial charge is 0.239 e. The zero-order valence-electron chi connectivity index (χ0n) is 18.1. The summed E-state index contributed by atoms with van der Waals surface area (Å²) in [6, 6.07) is 18.1. The third kappa shape index (κ3) is 5.07.